The van der Waals surface area contributed by atoms with E-state index in [1.54, 1.807) is 38.1 Å². The van der Waals surface area contributed by atoms with Gasteiger partial charge in [0.1, 0.15) is 5.75 Å². The van der Waals surface area contributed by atoms with Crippen molar-refractivity contribution in [3.63, 3.8) is 0 Å². The predicted molar refractivity (Wildman–Crippen MR) is 85.3 cm³/mol. The van der Waals surface area contributed by atoms with Crippen molar-refractivity contribution >= 4 is 17.7 Å². The Bertz CT molecular complexity index is 497. The van der Waals surface area contributed by atoms with Crippen LogP contribution in [0.2, 0.25) is 0 Å². The number of ether oxygens (including phenoxy) is 1. The smallest absolute Gasteiger partial charge is 0.319 e. The van der Waals surface area contributed by atoms with Crippen molar-refractivity contribution in [2.45, 2.75) is 45.6 Å². The van der Waals surface area contributed by atoms with Gasteiger partial charge in [0.05, 0.1) is 6.61 Å². The molecule has 0 spiro atoms. The van der Waals surface area contributed by atoms with E-state index in [0.717, 1.165) is 12.2 Å². The molecule has 122 valence electrons. The SMILES string of the molecule is CCCOc1ccc(NC(=O)NC(C)(C)CCC(=O)O)cc1. The minimum Gasteiger partial charge on any atom is -0.494 e. The van der Waals surface area contributed by atoms with E-state index < -0.39 is 11.5 Å². The molecule has 0 saturated heterocycles. The molecule has 0 atom stereocenters. The van der Waals surface area contributed by atoms with Crippen LogP contribution >= 0.6 is 0 Å². The van der Waals surface area contributed by atoms with Crippen LogP contribution in [0.25, 0.3) is 0 Å². The monoisotopic (exact) mass is 308 g/mol. The third-order valence-corrected chi connectivity index (χ3v) is 3.00. The summed E-state index contributed by atoms with van der Waals surface area (Å²) in [7, 11) is 0. The number of aliphatic carboxylic acids is 1. The molecule has 0 bridgehead atoms. The molecule has 1 aromatic rings. The zero-order chi connectivity index (χ0) is 16.6. The van der Waals surface area contributed by atoms with Crippen molar-refractivity contribution in [3.8, 4) is 5.75 Å². The fraction of sp³-hybridized carbons (Fsp3) is 0.500. The van der Waals surface area contributed by atoms with Gasteiger partial charge in [0, 0.05) is 17.6 Å². The van der Waals surface area contributed by atoms with Crippen LogP contribution in [0.4, 0.5) is 10.5 Å². The van der Waals surface area contributed by atoms with Crippen molar-refractivity contribution in [2.24, 2.45) is 0 Å². The summed E-state index contributed by atoms with van der Waals surface area (Å²) in [6, 6.07) is 6.74. The summed E-state index contributed by atoms with van der Waals surface area (Å²) in [5.41, 5.74) is 0.0579. The third kappa shape index (κ3) is 6.97. The second-order valence-corrected chi connectivity index (χ2v) is 5.73. The Balaban J connectivity index is 2.48. The summed E-state index contributed by atoms with van der Waals surface area (Å²) in [5, 5.41) is 14.2. The van der Waals surface area contributed by atoms with Gasteiger partial charge in [-0.15, -0.1) is 0 Å². The van der Waals surface area contributed by atoms with E-state index >= 15 is 0 Å². The summed E-state index contributed by atoms with van der Waals surface area (Å²) in [6.07, 6.45) is 1.31. The summed E-state index contributed by atoms with van der Waals surface area (Å²) >= 11 is 0. The number of urea groups is 1. The summed E-state index contributed by atoms with van der Waals surface area (Å²) < 4.78 is 5.47. The first kappa shape index (κ1) is 17.8. The van der Waals surface area contributed by atoms with Crippen molar-refractivity contribution in [1.82, 2.24) is 5.32 Å². The van der Waals surface area contributed by atoms with Gasteiger partial charge in [-0.2, -0.15) is 0 Å². The summed E-state index contributed by atoms with van der Waals surface area (Å²) in [4.78, 5) is 22.5. The van der Waals surface area contributed by atoms with Crippen LogP contribution < -0.4 is 15.4 Å². The highest BCUT2D eigenvalue weighted by atomic mass is 16.5. The maximum Gasteiger partial charge on any atom is 0.319 e. The van der Waals surface area contributed by atoms with E-state index in [1.807, 2.05) is 6.92 Å². The fourth-order valence-corrected chi connectivity index (χ4v) is 1.81. The average Bonchev–Trinajstić information content (AvgIpc) is 2.44. The topological polar surface area (TPSA) is 87.7 Å². The maximum atomic E-state index is 11.9. The van der Waals surface area contributed by atoms with Crippen LogP contribution in [0.15, 0.2) is 24.3 Å². The minimum absolute atomic E-state index is 0.0107. The Labute approximate surface area is 130 Å². The highest BCUT2D eigenvalue weighted by Gasteiger charge is 2.21. The quantitative estimate of drug-likeness (QED) is 0.688. The van der Waals surface area contributed by atoms with Gasteiger partial charge in [-0.1, -0.05) is 6.92 Å². The zero-order valence-electron chi connectivity index (χ0n) is 13.3. The number of hydrogen-bond donors (Lipinski definition) is 3. The Morgan fingerprint density at radius 3 is 2.41 bits per heavy atom. The molecule has 1 rings (SSSR count). The summed E-state index contributed by atoms with van der Waals surface area (Å²) in [6.45, 7) is 6.27. The molecule has 0 aliphatic heterocycles. The molecular weight excluding hydrogens is 284 g/mol. The largest absolute Gasteiger partial charge is 0.494 e. The normalized spacial score (nSPS) is 10.9. The number of nitrogens with one attached hydrogen (secondary N) is 2. The van der Waals surface area contributed by atoms with Gasteiger partial charge in [-0.3, -0.25) is 4.79 Å². The molecule has 6 nitrogen and oxygen atoms in total. The zero-order valence-corrected chi connectivity index (χ0v) is 13.3. The minimum atomic E-state index is -0.877. The van der Waals surface area contributed by atoms with E-state index in [4.69, 9.17) is 9.84 Å². The van der Waals surface area contributed by atoms with Crippen LogP contribution in [0, 0.1) is 0 Å². The number of hydrogen-bond acceptors (Lipinski definition) is 3. The standard InChI is InChI=1S/C16H24N2O4/c1-4-11-22-13-7-5-12(6-8-13)17-15(21)18-16(2,3)10-9-14(19)20/h5-8H,4,9-11H2,1-3H3,(H,19,20)(H2,17,18,21). The number of carboxylic acid groups (broad SMARTS) is 1. The lowest BCUT2D eigenvalue weighted by molar-refractivity contribution is -0.137. The number of amides is 2. The van der Waals surface area contributed by atoms with Crippen LogP contribution in [0.5, 0.6) is 5.75 Å². The maximum absolute atomic E-state index is 11.9. The Hall–Kier alpha value is -2.24. The molecule has 22 heavy (non-hydrogen) atoms. The molecule has 0 aromatic heterocycles. The molecule has 0 fully saturated rings. The lowest BCUT2D eigenvalue weighted by Crippen LogP contribution is -2.45. The van der Waals surface area contributed by atoms with Gasteiger partial charge in [0.2, 0.25) is 0 Å². The number of anilines is 1. The molecule has 0 heterocycles. The molecule has 6 heteroatoms. The van der Waals surface area contributed by atoms with Gasteiger partial charge in [0.15, 0.2) is 0 Å². The van der Waals surface area contributed by atoms with E-state index in [9.17, 15) is 9.59 Å². The molecule has 1 aromatic carbocycles. The van der Waals surface area contributed by atoms with Crippen molar-refractivity contribution in [3.05, 3.63) is 24.3 Å². The molecule has 0 unspecified atom stereocenters. The van der Waals surface area contributed by atoms with E-state index in [1.165, 1.54) is 0 Å². The van der Waals surface area contributed by atoms with Crippen LogP contribution in [-0.2, 0) is 4.79 Å². The van der Waals surface area contributed by atoms with E-state index in [-0.39, 0.29) is 12.5 Å². The number of carbonyl (C=O) groups is 2. The van der Waals surface area contributed by atoms with Crippen molar-refractivity contribution in [1.29, 1.82) is 0 Å². The number of rotatable bonds is 8. The summed E-state index contributed by atoms with van der Waals surface area (Å²) in [5.74, 6) is -0.118. The molecule has 0 saturated carbocycles. The van der Waals surface area contributed by atoms with Gasteiger partial charge in [0.25, 0.3) is 0 Å². The lowest BCUT2D eigenvalue weighted by Gasteiger charge is -2.25. The van der Waals surface area contributed by atoms with Gasteiger partial charge < -0.3 is 20.5 Å². The fourth-order valence-electron chi connectivity index (χ4n) is 1.81. The molecule has 0 aliphatic rings. The predicted octanol–water partition coefficient (Wildman–Crippen LogP) is 3.24. The van der Waals surface area contributed by atoms with Crippen molar-refractivity contribution in [2.75, 3.05) is 11.9 Å². The lowest BCUT2D eigenvalue weighted by atomic mass is 9.99. The number of benzene rings is 1. The molecule has 0 radical (unpaired) electrons. The van der Waals surface area contributed by atoms with Gasteiger partial charge in [-0.25, -0.2) is 4.79 Å². The Kier molecular flexibility index (Phi) is 6.69. The highest BCUT2D eigenvalue weighted by molar-refractivity contribution is 5.89. The molecule has 3 N–H and O–H groups in total. The number of carboxylic acids is 1. The first-order valence-corrected chi connectivity index (χ1v) is 7.36. The van der Waals surface area contributed by atoms with Crippen LogP contribution in [-0.4, -0.2) is 29.3 Å². The van der Waals surface area contributed by atoms with E-state index in [0.29, 0.717) is 18.7 Å². The molecular formula is C16H24N2O4. The van der Waals surface area contributed by atoms with Crippen LogP contribution in [0.1, 0.15) is 40.0 Å². The average molecular weight is 308 g/mol. The Morgan fingerprint density at radius 2 is 1.86 bits per heavy atom. The van der Waals surface area contributed by atoms with Gasteiger partial charge >= 0.3 is 12.0 Å². The van der Waals surface area contributed by atoms with Crippen LogP contribution in [0.3, 0.4) is 0 Å². The molecule has 2 amide bonds. The molecule has 0 aliphatic carbocycles. The first-order chi connectivity index (χ1) is 10.3. The second kappa shape index (κ2) is 8.26. The first-order valence-electron chi connectivity index (χ1n) is 7.36. The van der Waals surface area contributed by atoms with Crippen molar-refractivity contribution < 1.29 is 19.4 Å². The second-order valence-electron chi connectivity index (χ2n) is 5.73. The third-order valence-electron chi connectivity index (χ3n) is 3.00. The van der Waals surface area contributed by atoms with Gasteiger partial charge in [-0.05, 0) is 51.0 Å². The van der Waals surface area contributed by atoms with E-state index in [2.05, 4.69) is 10.6 Å². The highest BCUT2D eigenvalue weighted by Crippen LogP contribution is 2.16. The Morgan fingerprint density at radius 1 is 1.23 bits per heavy atom. The number of carbonyl (C=O) groups excluding carboxylic acids is 1.